The molecule has 2 N–H and O–H groups in total. The van der Waals surface area contributed by atoms with Crippen LogP contribution in [0.25, 0.3) is 0 Å². The Balaban J connectivity index is 2.16. The summed E-state index contributed by atoms with van der Waals surface area (Å²) in [5.41, 5.74) is 0.721. The summed E-state index contributed by atoms with van der Waals surface area (Å²) in [6.45, 7) is 1.63. The largest absolute Gasteiger partial charge is 0.477 e. The first kappa shape index (κ1) is 14.2. The Morgan fingerprint density at radius 3 is 2.60 bits per heavy atom. The van der Waals surface area contributed by atoms with Crippen molar-refractivity contribution in [1.29, 1.82) is 0 Å². The molecule has 7 nitrogen and oxygen atoms in total. The fourth-order valence-electron chi connectivity index (χ4n) is 1.48. The quantitative estimate of drug-likeness (QED) is 0.666. The summed E-state index contributed by atoms with van der Waals surface area (Å²) in [5, 5.41) is 23.6. The van der Waals surface area contributed by atoms with E-state index in [1.807, 2.05) is 0 Å². The summed E-state index contributed by atoms with van der Waals surface area (Å²) in [5.74, 6) is -1.56. The van der Waals surface area contributed by atoms with Crippen LogP contribution in [0.2, 0.25) is 0 Å². The number of nitrogens with zero attached hydrogens (tertiary/aromatic N) is 1. The van der Waals surface area contributed by atoms with E-state index in [0.29, 0.717) is 10.6 Å². The lowest BCUT2D eigenvalue weighted by Crippen LogP contribution is -2.09. The van der Waals surface area contributed by atoms with Crippen LogP contribution in [0, 0.1) is 17.0 Å². The first-order valence-corrected chi connectivity index (χ1v) is 6.96. The van der Waals surface area contributed by atoms with E-state index >= 15 is 0 Å². The van der Waals surface area contributed by atoms with Crippen molar-refractivity contribution >= 4 is 44.6 Å². The average molecular weight is 312 g/mol. The molecule has 0 fully saturated rings. The second kappa shape index (κ2) is 5.39. The number of nitrogens with one attached hydrogen (secondary N) is 1. The molecule has 1 amide bonds. The molecular weight excluding hydrogens is 304 g/mol. The molecular formula is C11H8N2O5S2. The summed E-state index contributed by atoms with van der Waals surface area (Å²) >= 11 is 1.80. The number of amides is 1. The number of carboxylic acids is 1. The SMILES string of the molecule is Cc1cc(NC(=O)c2csc([N+](=O)[O-])c2)sc1C(=O)O. The normalized spacial score (nSPS) is 10.2. The smallest absolute Gasteiger partial charge is 0.346 e. The van der Waals surface area contributed by atoms with Gasteiger partial charge in [0.25, 0.3) is 5.91 Å². The van der Waals surface area contributed by atoms with Gasteiger partial charge in [-0.3, -0.25) is 14.9 Å². The first-order valence-electron chi connectivity index (χ1n) is 5.26. The zero-order chi connectivity index (χ0) is 14.9. The predicted molar refractivity (Wildman–Crippen MR) is 74.9 cm³/mol. The number of rotatable bonds is 4. The molecule has 9 heteroatoms. The van der Waals surface area contributed by atoms with Crippen LogP contribution in [0.5, 0.6) is 0 Å². The van der Waals surface area contributed by atoms with Gasteiger partial charge in [-0.2, -0.15) is 0 Å². The van der Waals surface area contributed by atoms with Crippen molar-refractivity contribution < 1.29 is 19.6 Å². The van der Waals surface area contributed by atoms with E-state index in [4.69, 9.17) is 5.11 Å². The van der Waals surface area contributed by atoms with Gasteiger partial charge in [-0.25, -0.2) is 4.79 Å². The zero-order valence-electron chi connectivity index (χ0n) is 10.1. The molecule has 0 aliphatic rings. The molecule has 2 rings (SSSR count). The molecule has 20 heavy (non-hydrogen) atoms. The van der Waals surface area contributed by atoms with Crippen molar-refractivity contribution in [3.8, 4) is 0 Å². The summed E-state index contributed by atoms with van der Waals surface area (Å²) in [4.78, 5) is 32.9. The summed E-state index contributed by atoms with van der Waals surface area (Å²) in [7, 11) is 0. The first-order chi connectivity index (χ1) is 9.38. The summed E-state index contributed by atoms with van der Waals surface area (Å²) < 4.78 is 0. The molecule has 0 saturated carbocycles. The lowest BCUT2D eigenvalue weighted by Gasteiger charge is -1.98. The molecule has 0 aliphatic carbocycles. The molecule has 0 atom stereocenters. The van der Waals surface area contributed by atoms with Gasteiger partial charge in [-0.05, 0) is 18.6 Å². The Bertz CT molecular complexity index is 703. The van der Waals surface area contributed by atoms with Gasteiger partial charge in [0.15, 0.2) is 0 Å². The van der Waals surface area contributed by atoms with E-state index < -0.39 is 16.8 Å². The average Bonchev–Trinajstić information content (AvgIpc) is 2.95. The van der Waals surface area contributed by atoms with Gasteiger partial charge in [0.2, 0.25) is 0 Å². The predicted octanol–water partition coefficient (Wildman–Crippen LogP) is 2.98. The molecule has 0 bridgehead atoms. The fraction of sp³-hybridized carbons (Fsp3) is 0.0909. The van der Waals surface area contributed by atoms with Crippen molar-refractivity contribution in [3.05, 3.63) is 43.6 Å². The van der Waals surface area contributed by atoms with Crippen molar-refractivity contribution in [2.45, 2.75) is 6.92 Å². The Labute approximate surface area is 120 Å². The molecule has 0 saturated heterocycles. The van der Waals surface area contributed by atoms with Crippen LogP contribution < -0.4 is 5.32 Å². The van der Waals surface area contributed by atoms with E-state index in [1.54, 1.807) is 13.0 Å². The lowest BCUT2D eigenvalue weighted by atomic mass is 10.3. The van der Waals surface area contributed by atoms with Gasteiger partial charge >= 0.3 is 11.0 Å². The van der Waals surface area contributed by atoms with Crippen LogP contribution >= 0.6 is 22.7 Å². The van der Waals surface area contributed by atoms with E-state index in [-0.39, 0.29) is 15.4 Å². The standard InChI is InChI=1S/C11H8N2O5S2/c1-5-2-7(20-9(5)11(15)16)12-10(14)6-3-8(13(17)18)19-4-6/h2-4H,1H3,(H,12,14)(H,15,16). The third-order valence-electron chi connectivity index (χ3n) is 2.38. The Kier molecular flexibility index (Phi) is 3.81. The van der Waals surface area contributed by atoms with Gasteiger partial charge in [0, 0.05) is 11.4 Å². The van der Waals surface area contributed by atoms with Crippen LogP contribution in [0.1, 0.15) is 25.6 Å². The highest BCUT2D eigenvalue weighted by molar-refractivity contribution is 7.18. The topological polar surface area (TPSA) is 110 Å². The lowest BCUT2D eigenvalue weighted by molar-refractivity contribution is -0.380. The number of aromatic carboxylic acids is 1. The maximum Gasteiger partial charge on any atom is 0.346 e. The van der Waals surface area contributed by atoms with E-state index in [1.165, 1.54) is 11.4 Å². The highest BCUT2D eigenvalue weighted by atomic mass is 32.1. The zero-order valence-corrected chi connectivity index (χ0v) is 11.7. The number of aryl methyl sites for hydroxylation is 1. The molecule has 104 valence electrons. The molecule has 0 spiro atoms. The monoisotopic (exact) mass is 312 g/mol. The van der Waals surface area contributed by atoms with E-state index in [2.05, 4.69) is 5.32 Å². The van der Waals surface area contributed by atoms with Gasteiger partial charge in [0.1, 0.15) is 4.88 Å². The van der Waals surface area contributed by atoms with Crippen LogP contribution in [0.3, 0.4) is 0 Å². The summed E-state index contributed by atoms with van der Waals surface area (Å²) in [6.07, 6.45) is 0. The van der Waals surface area contributed by atoms with Crippen molar-refractivity contribution in [2.75, 3.05) is 5.32 Å². The number of thiophene rings is 2. The number of anilines is 1. The second-order valence-corrected chi connectivity index (χ2v) is 5.75. The Morgan fingerprint density at radius 2 is 2.10 bits per heavy atom. The molecule has 0 aliphatic heterocycles. The summed E-state index contributed by atoms with van der Waals surface area (Å²) in [6, 6.07) is 2.73. The minimum Gasteiger partial charge on any atom is -0.477 e. The van der Waals surface area contributed by atoms with Crippen LogP contribution in [-0.2, 0) is 0 Å². The Hall–Kier alpha value is -2.26. The molecule has 2 aromatic rings. The van der Waals surface area contributed by atoms with Crippen molar-refractivity contribution in [3.63, 3.8) is 0 Å². The third-order valence-corrected chi connectivity index (χ3v) is 4.40. The minimum absolute atomic E-state index is 0.122. The molecule has 0 aromatic carbocycles. The molecule has 0 radical (unpaired) electrons. The highest BCUT2D eigenvalue weighted by Crippen LogP contribution is 2.28. The van der Waals surface area contributed by atoms with Gasteiger partial charge in [-0.1, -0.05) is 11.3 Å². The highest BCUT2D eigenvalue weighted by Gasteiger charge is 2.17. The number of carbonyl (C=O) groups excluding carboxylic acids is 1. The third kappa shape index (κ3) is 2.83. The van der Waals surface area contributed by atoms with Gasteiger partial charge in [0.05, 0.1) is 15.5 Å². The fourth-order valence-corrected chi connectivity index (χ4v) is 3.09. The van der Waals surface area contributed by atoms with Gasteiger partial charge < -0.3 is 10.4 Å². The van der Waals surface area contributed by atoms with Gasteiger partial charge in [-0.15, -0.1) is 11.3 Å². The molecule has 2 heterocycles. The number of carboxylic acid groups (broad SMARTS) is 1. The number of hydrogen-bond acceptors (Lipinski definition) is 6. The number of hydrogen-bond donors (Lipinski definition) is 2. The maximum absolute atomic E-state index is 11.9. The van der Waals surface area contributed by atoms with Crippen molar-refractivity contribution in [1.82, 2.24) is 0 Å². The Morgan fingerprint density at radius 1 is 1.40 bits per heavy atom. The minimum atomic E-state index is -1.06. The number of carbonyl (C=O) groups is 2. The number of nitro groups is 1. The molecule has 0 unspecified atom stereocenters. The van der Waals surface area contributed by atoms with Crippen molar-refractivity contribution in [2.24, 2.45) is 0 Å². The van der Waals surface area contributed by atoms with E-state index in [0.717, 1.165) is 22.7 Å². The van der Waals surface area contributed by atoms with Crippen LogP contribution in [0.15, 0.2) is 17.5 Å². The second-order valence-electron chi connectivity index (χ2n) is 3.81. The van der Waals surface area contributed by atoms with Crippen LogP contribution in [-0.4, -0.2) is 21.9 Å². The van der Waals surface area contributed by atoms with E-state index in [9.17, 15) is 19.7 Å². The van der Waals surface area contributed by atoms with Crippen LogP contribution in [0.4, 0.5) is 10.0 Å². The molecule has 2 aromatic heterocycles. The maximum atomic E-state index is 11.9.